The van der Waals surface area contributed by atoms with Crippen LogP contribution in [0.2, 0.25) is 0 Å². The van der Waals surface area contributed by atoms with Gasteiger partial charge in [-0.3, -0.25) is 4.79 Å². The number of rotatable bonds is 8. The number of allylic oxidation sites excluding steroid dienone is 2. The van der Waals surface area contributed by atoms with Gasteiger partial charge in [-0.2, -0.15) is 0 Å². The maximum Gasteiger partial charge on any atom is 0.312 e. The number of aliphatic hydroxyl groups excluding tert-OH is 9. The number of carboxylic acid groups (broad SMARTS) is 1. The molecule has 0 aromatic carbocycles. The molecule has 0 spiro atoms. The van der Waals surface area contributed by atoms with Crippen LogP contribution in [0.25, 0.3) is 0 Å². The van der Waals surface area contributed by atoms with Crippen molar-refractivity contribution in [3.05, 3.63) is 11.6 Å². The maximum absolute atomic E-state index is 13.1. The highest BCUT2D eigenvalue weighted by Gasteiger charge is 2.71. The summed E-state index contributed by atoms with van der Waals surface area (Å²) in [4.78, 5) is 13.1. The number of aliphatic hydroxyl groups is 9. The van der Waals surface area contributed by atoms with Crippen LogP contribution in [0.4, 0.5) is 0 Å². The van der Waals surface area contributed by atoms with Crippen molar-refractivity contribution < 1.29 is 84.3 Å². The highest BCUT2D eigenvalue weighted by Crippen LogP contribution is 2.76. The first kappa shape index (κ1) is 48.1. The van der Waals surface area contributed by atoms with Gasteiger partial charge in [0, 0.05) is 0 Å². The quantitative estimate of drug-likeness (QED) is 0.120. The number of carboxylic acids is 1. The number of aliphatic carboxylic acids is 1. The summed E-state index contributed by atoms with van der Waals surface area (Å²) >= 11 is 0. The molecule has 17 nitrogen and oxygen atoms in total. The highest BCUT2D eigenvalue weighted by atomic mass is 16.8. The topological polar surface area (TPSA) is 275 Å². The van der Waals surface area contributed by atoms with E-state index in [1.165, 1.54) is 5.57 Å². The molecule has 3 saturated heterocycles. The van der Waals surface area contributed by atoms with Crippen LogP contribution in [-0.4, -0.2) is 169 Å². The number of hydrogen-bond acceptors (Lipinski definition) is 16. The molecule has 0 amide bonds. The van der Waals surface area contributed by atoms with Gasteiger partial charge in [-0.15, -0.1) is 0 Å². The molecule has 5 aliphatic carbocycles. The van der Waals surface area contributed by atoms with Crippen molar-refractivity contribution in [2.24, 2.45) is 50.2 Å². The van der Waals surface area contributed by atoms with Gasteiger partial charge < -0.3 is 79.5 Å². The van der Waals surface area contributed by atoms with Gasteiger partial charge in [0.2, 0.25) is 0 Å². The fourth-order valence-corrected chi connectivity index (χ4v) is 14.6. The minimum absolute atomic E-state index is 0.0349. The van der Waals surface area contributed by atoms with E-state index in [0.717, 1.165) is 38.5 Å². The van der Waals surface area contributed by atoms with Crippen LogP contribution in [0, 0.1) is 50.2 Å². The van der Waals surface area contributed by atoms with Gasteiger partial charge in [-0.25, -0.2) is 0 Å². The van der Waals surface area contributed by atoms with E-state index in [1.54, 1.807) is 0 Å². The first-order valence-electron chi connectivity index (χ1n) is 23.2. The second-order valence-electron chi connectivity index (χ2n) is 22.7. The van der Waals surface area contributed by atoms with Gasteiger partial charge in [0.1, 0.15) is 66.5 Å². The molecular weight excluding hydrogens is 824 g/mol. The fourth-order valence-electron chi connectivity index (χ4n) is 14.6. The van der Waals surface area contributed by atoms with Crippen LogP contribution < -0.4 is 0 Å². The van der Waals surface area contributed by atoms with Crippen LogP contribution in [-0.2, 0) is 33.2 Å². The van der Waals surface area contributed by atoms with Crippen molar-refractivity contribution in [1.82, 2.24) is 0 Å². The molecule has 3 heterocycles. The lowest BCUT2D eigenvalue weighted by Crippen LogP contribution is -2.68. The molecule has 10 N–H and O–H groups in total. The Morgan fingerprint density at radius 1 is 0.698 bits per heavy atom. The van der Waals surface area contributed by atoms with E-state index in [4.69, 9.17) is 28.4 Å². The zero-order valence-corrected chi connectivity index (χ0v) is 37.8. The van der Waals surface area contributed by atoms with Gasteiger partial charge in [0.05, 0.1) is 32.0 Å². The predicted molar refractivity (Wildman–Crippen MR) is 220 cm³/mol. The van der Waals surface area contributed by atoms with E-state index in [-0.39, 0.29) is 47.2 Å². The smallest absolute Gasteiger partial charge is 0.312 e. The van der Waals surface area contributed by atoms with Crippen LogP contribution in [0.5, 0.6) is 0 Å². The van der Waals surface area contributed by atoms with Crippen LogP contribution in [0.3, 0.4) is 0 Å². The fraction of sp³-hybridized carbons (Fsp3) is 0.935. The summed E-state index contributed by atoms with van der Waals surface area (Å²) in [7, 11) is 0. The largest absolute Gasteiger partial charge is 0.481 e. The van der Waals surface area contributed by atoms with Crippen molar-refractivity contribution in [2.75, 3.05) is 19.8 Å². The van der Waals surface area contributed by atoms with E-state index in [2.05, 4.69) is 54.5 Å². The Labute approximate surface area is 369 Å². The molecule has 0 bridgehead atoms. The summed E-state index contributed by atoms with van der Waals surface area (Å²) in [6, 6.07) is 0. The average Bonchev–Trinajstić information content (AvgIpc) is 3.20. The van der Waals surface area contributed by atoms with Gasteiger partial charge in [0.25, 0.3) is 0 Å². The van der Waals surface area contributed by atoms with Crippen LogP contribution in [0.1, 0.15) is 106 Å². The van der Waals surface area contributed by atoms with Crippen molar-refractivity contribution in [3.8, 4) is 0 Å². The van der Waals surface area contributed by atoms with Crippen LogP contribution in [0.15, 0.2) is 11.6 Å². The van der Waals surface area contributed by atoms with Gasteiger partial charge in [-0.05, 0) is 103 Å². The van der Waals surface area contributed by atoms with Crippen molar-refractivity contribution in [1.29, 1.82) is 0 Å². The first-order valence-corrected chi connectivity index (χ1v) is 23.2. The molecule has 22 atom stereocenters. The zero-order valence-electron chi connectivity index (χ0n) is 37.8. The van der Waals surface area contributed by atoms with E-state index in [1.807, 2.05) is 0 Å². The Morgan fingerprint density at radius 2 is 1.35 bits per heavy atom. The first-order chi connectivity index (χ1) is 29.3. The molecular formula is C46H74O17. The molecule has 0 radical (unpaired) electrons. The molecule has 0 aromatic heterocycles. The van der Waals surface area contributed by atoms with E-state index in [0.29, 0.717) is 19.3 Å². The second-order valence-corrected chi connectivity index (χ2v) is 22.7. The normalized spacial score (nSPS) is 54.1. The predicted octanol–water partition coefficient (Wildman–Crippen LogP) is 0.955. The highest BCUT2D eigenvalue weighted by molar-refractivity contribution is 5.77. The number of hydrogen-bond donors (Lipinski definition) is 10. The van der Waals surface area contributed by atoms with E-state index in [9.17, 15) is 55.9 Å². The van der Waals surface area contributed by atoms with E-state index >= 15 is 0 Å². The van der Waals surface area contributed by atoms with Gasteiger partial charge >= 0.3 is 5.97 Å². The Kier molecular flexibility index (Phi) is 12.7. The van der Waals surface area contributed by atoms with Crippen molar-refractivity contribution >= 4 is 5.97 Å². The summed E-state index contributed by atoms with van der Waals surface area (Å²) < 4.78 is 35.4. The number of ether oxygens (including phenoxy) is 6. The summed E-state index contributed by atoms with van der Waals surface area (Å²) in [6.45, 7) is 14.7. The standard InChI is InChI=1S/C46H74O17/c1-41(2)14-15-46(40(56)57)22(16-41)21-8-9-27-43(5)12-11-29(42(3,4)26(43)10-13-44(27,6)45(21,7)17-28(46)49)62-38-35(55)33(53)32(52)25(61-38)20-60-39-36(31(51)24(48)19-59-39)63-37-34(54)30(50)23(47)18-58-37/h8,22-39,47-55H,9-20H2,1-7H3,(H,56,57)/t22-,23-,24-,25+,26?,27?,28+,29-,30-,31-,32+,33-,34+,35+,36+,37-,38-,39-,43-,44+,45+,46+/m1/s1. The molecule has 4 saturated carbocycles. The Hall–Kier alpha value is -1.39. The maximum atomic E-state index is 13.1. The lowest BCUT2D eigenvalue weighted by Gasteiger charge is -2.71. The Bertz CT molecular complexity index is 1730. The summed E-state index contributed by atoms with van der Waals surface area (Å²) in [5, 5.41) is 108. The zero-order chi connectivity index (χ0) is 46.0. The lowest BCUT2D eigenvalue weighted by atomic mass is 9.33. The van der Waals surface area contributed by atoms with Crippen LogP contribution >= 0.6 is 0 Å². The summed E-state index contributed by atoms with van der Waals surface area (Å²) in [5.41, 5.74) is -1.18. The van der Waals surface area contributed by atoms with E-state index < -0.39 is 121 Å². The average molecular weight is 899 g/mol. The third kappa shape index (κ3) is 7.50. The Balaban J connectivity index is 0.970. The monoisotopic (exact) mass is 898 g/mol. The number of carbonyl (C=O) groups is 1. The summed E-state index contributed by atoms with van der Waals surface area (Å²) in [6.07, 6.45) is -12.3. The molecule has 63 heavy (non-hydrogen) atoms. The molecule has 8 aliphatic rings. The molecule has 2 unspecified atom stereocenters. The molecule has 3 aliphatic heterocycles. The van der Waals surface area contributed by atoms with Gasteiger partial charge in [-0.1, -0.05) is 60.1 Å². The SMILES string of the molecule is CC1(C)CC[C@]2(C(=O)O)[C@H](C1)C1=CCC3[C@]4(C)CC[C@@H](O[C@H]5O[C@@H](CO[C@H]6OC[C@@H](O)[C@@H](O)[C@@H]6O[C@H]6OC[C@@H](O)[C@@H](O)[C@@H]6O)[C@H](O)[C@@H](O)[C@@H]5O)C(C)(C)C4CC[C@]3(C)[C@@]1(C)C[C@@H]2O. The summed E-state index contributed by atoms with van der Waals surface area (Å²) in [5.74, 6) is -0.701. The Morgan fingerprint density at radius 3 is 2.03 bits per heavy atom. The van der Waals surface area contributed by atoms with Crippen molar-refractivity contribution in [3.63, 3.8) is 0 Å². The molecule has 7 fully saturated rings. The van der Waals surface area contributed by atoms with Gasteiger partial charge in [0.15, 0.2) is 18.9 Å². The lowest BCUT2D eigenvalue weighted by molar-refractivity contribution is -0.357. The van der Waals surface area contributed by atoms with Crippen molar-refractivity contribution in [2.45, 2.75) is 198 Å². The molecule has 0 aromatic rings. The number of fused-ring (bicyclic) bond motifs is 7. The molecule has 360 valence electrons. The minimum Gasteiger partial charge on any atom is -0.481 e. The molecule has 8 rings (SSSR count). The molecule has 17 heteroatoms. The second kappa shape index (κ2) is 16.7. The third-order valence-corrected chi connectivity index (χ3v) is 18.6. The third-order valence-electron chi connectivity index (χ3n) is 18.6. The minimum atomic E-state index is -1.70.